The Morgan fingerprint density at radius 1 is 1.19 bits per heavy atom. The van der Waals surface area contributed by atoms with Gasteiger partial charge < -0.3 is 14.8 Å². The zero-order valence-corrected chi connectivity index (χ0v) is 17.4. The lowest BCUT2D eigenvalue weighted by Crippen LogP contribution is -2.34. The van der Waals surface area contributed by atoms with Gasteiger partial charge in [0.25, 0.3) is 5.56 Å². The quantitative estimate of drug-likeness (QED) is 0.492. The van der Waals surface area contributed by atoms with Crippen molar-refractivity contribution in [2.24, 2.45) is 0 Å². The number of aromatic amines is 1. The predicted octanol–water partition coefficient (Wildman–Crippen LogP) is 3.77. The second-order valence-electron chi connectivity index (χ2n) is 7.00. The highest BCUT2D eigenvalue weighted by molar-refractivity contribution is 7.13. The third kappa shape index (κ3) is 3.64. The minimum atomic E-state index is -1.30. The number of aromatic carboxylic acids is 1. The Kier molecular flexibility index (Phi) is 5.20. The number of carboxylic acid groups (broad SMARTS) is 1. The van der Waals surface area contributed by atoms with Crippen molar-refractivity contribution in [1.82, 2.24) is 9.55 Å². The number of carbonyl (C=O) groups is 1. The maximum atomic E-state index is 14.6. The molecule has 0 aliphatic rings. The molecule has 31 heavy (non-hydrogen) atoms. The van der Waals surface area contributed by atoms with Crippen molar-refractivity contribution in [1.29, 1.82) is 0 Å². The largest absolute Gasteiger partial charge is 0.489 e. The van der Waals surface area contributed by atoms with E-state index in [1.807, 2.05) is 32.0 Å². The molecule has 4 rings (SSSR count). The fraction of sp³-hybridized carbons (Fsp3) is 0.136. The smallest absolute Gasteiger partial charge is 0.346 e. The molecule has 9 heteroatoms. The minimum Gasteiger partial charge on any atom is -0.489 e. The van der Waals surface area contributed by atoms with Crippen LogP contribution in [-0.4, -0.2) is 20.6 Å². The molecule has 2 heterocycles. The monoisotopic (exact) mass is 440 g/mol. The number of hydrogen-bond acceptors (Lipinski definition) is 5. The molecule has 0 saturated heterocycles. The highest BCUT2D eigenvalue weighted by Crippen LogP contribution is 2.24. The summed E-state index contributed by atoms with van der Waals surface area (Å²) in [5, 5.41) is 10.5. The summed E-state index contributed by atoms with van der Waals surface area (Å²) in [4.78, 5) is 39.1. The number of aromatic nitrogens is 2. The number of nitrogens with one attached hydrogen (secondary N) is 1. The van der Waals surface area contributed by atoms with Crippen LogP contribution in [0.5, 0.6) is 5.75 Å². The number of benzene rings is 2. The third-order valence-corrected chi connectivity index (χ3v) is 6.00. The van der Waals surface area contributed by atoms with Gasteiger partial charge in [-0.3, -0.25) is 4.79 Å². The van der Waals surface area contributed by atoms with E-state index < -0.39 is 23.0 Å². The van der Waals surface area contributed by atoms with Gasteiger partial charge in [-0.25, -0.2) is 18.5 Å². The van der Waals surface area contributed by atoms with E-state index in [1.165, 1.54) is 17.5 Å². The number of halogens is 1. The Morgan fingerprint density at radius 2 is 1.90 bits per heavy atom. The van der Waals surface area contributed by atoms with Gasteiger partial charge in [-0.1, -0.05) is 18.2 Å². The Labute approximate surface area is 179 Å². The molecule has 158 valence electrons. The van der Waals surface area contributed by atoms with Crippen LogP contribution in [0, 0.1) is 19.7 Å². The maximum Gasteiger partial charge on any atom is 0.346 e. The van der Waals surface area contributed by atoms with Gasteiger partial charge in [-0.15, -0.1) is 11.3 Å². The SMILES string of the molecule is Cc1cccc(C)c1COc1ccc(F)c(-n2c(=O)[nH]c3csc(C(=O)O)c3c2=O)c1. The van der Waals surface area contributed by atoms with Crippen molar-refractivity contribution < 1.29 is 19.0 Å². The van der Waals surface area contributed by atoms with Gasteiger partial charge in [0.05, 0.1) is 16.6 Å². The van der Waals surface area contributed by atoms with Crippen LogP contribution in [0.1, 0.15) is 26.4 Å². The number of hydrogen-bond donors (Lipinski definition) is 2. The van der Waals surface area contributed by atoms with Gasteiger partial charge >= 0.3 is 11.7 Å². The van der Waals surface area contributed by atoms with E-state index in [9.17, 15) is 23.9 Å². The van der Waals surface area contributed by atoms with Crippen LogP contribution in [0.4, 0.5) is 4.39 Å². The highest BCUT2D eigenvalue weighted by Gasteiger charge is 2.20. The molecule has 2 aromatic carbocycles. The highest BCUT2D eigenvalue weighted by atomic mass is 32.1. The number of H-pyrrole nitrogens is 1. The summed E-state index contributed by atoms with van der Waals surface area (Å²) < 4.78 is 21.0. The number of nitrogens with zero attached hydrogens (tertiary/aromatic N) is 1. The first-order valence-electron chi connectivity index (χ1n) is 9.25. The number of fused-ring (bicyclic) bond motifs is 1. The molecule has 0 radical (unpaired) electrons. The summed E-state index contributed by atoms with van der Waals surface area (Å²) in [6.45, 7) is 4.13. The minimum absolute atomic E-state index is 0.0940. The number of aryl methyl sites for hydroxylation is 2. The van der Waals surface area contributed by atoms with E-state index in [0.717, 1.165) is 34.1 Å². The van der Waals surface area contributed by atoms with Crippen molar-refractivity contribution in [2.75, 3.05) is 0 Å². The summed E-state index contributed by atoms with van der Waals surface area (Å²) >= 11 is 0.812. The van der Waals surface area contributed by atoms with Gasteiger partial charge in [0.15, 0.2) is 0 Å². The van der Waals surface area contributed by atoms with Gasteiger partial charge in [-0.05, 0) is 42.7 Å². The average molecular weight is 440 g/mol. The first kappa shape index (κ1) is 20.5. The van der Waals surface area contributed by atoms with E-state index in [2.05, 4.69) is 4.98 Å². The van der Waals surface area contributed by atoms with Crippen LogP contribution in [0.15, 0.2) is 51.4 Å². The molecular weight excluding hydrogens is 423 g/mol. The molecule has 0 unspecified atom stereocenters. The Hall–Kier alpha value is -3.72. The summed E-state index contributed by atoms with van der Waals surface area (Å²) in [6.07, 6.45) is 0. The molecule has 0 bridgehead atoms. The number of thiophene rings is 1. The van der Waals surface area contributed by atoms with Gasteiger partial charge in [0.2, 0.25) is 0 Å². The molecule has 0 fully saturated rings. The molecule has 0 aliphatic carbocycles. The Bertz CT molecular complexity index is 1430. The standard InChI is InChI=1S/C22H17FN2O5S/c1-11-4-3-5-12(2)14(11)9-30-13-6-7-15(23)17(8-13)25-20(26)18-16(24-22(25)29)10-31-19(18)21(27)28/h3-8,10H,9H2,1-2H3,(H,24,29)(H,27,28). The average Bonchev–Trinajstić information content (AvgIpc) is 3.14. The van der Waals surface area contributed by atoms with Crippen LogP contribution >= 0.6 is 11.3 Å². The molecule has 4 aromatic rings. The second-order valence-corrected chi connectivity index (χ2v) is 7.88. The molecular formula is C22H17FN2O5S. The number of rotatable bonds is 5. The van der Waals surface area contributed by atoms with Crippen molar-refractivity contribution in [2.45, 2.75) is 20.5 Å². The van der Waals surface area contributed by atoms with Crippen LogP contribution in [0.25, 0.3) is 16.6 Å². The van der Waals surface area contributed by atoms with Crippen LogP contribution in [0.3, 0.4) is 0 Å². The van der Waals surface area contributed by atoms with E-state index >= 15 is 0 Å². The summed E-state index contributed by atoms with van der Waals surface area (Å²) in [7, 11) is 0. The van der Waals surface area contributed by atoms with Crippen LogP contribution < -0.4 is 16.0 Å². The molecule has 2 N–H and O–H groups in total. The Balaban J connectivity index is 1.80. The van der Waals surface area contributed by atoms with Crippen molar-refractivity contribution in [3.63, 3.8) is 0 Å². The topological polar surface area (TPSA) is 101 Å². The summed E-state index contributed by atoms with van der Waals surface area (Å²) in [5.74, 6) is -1.87. The van der Waals surface area contributed by atoms with E-state index in [0.29, 0.717) is 4.57 Å². The number of carboxylic acids is 1. The fourth-order valence-corrected chi connectivity index (χ4v) is 4.23. The predicted molar refractivity (Wildman–Crippen MR) is 115 cm³/mol. The zero-order chi connectivity index (χ0) is 22.3. The molecule has 0 spiro atoms. The van der Waals surface area contributed by atoms with Crippen LogP contribution in [-0.2, 0) is 6.61 Å². The molecule has 0 aliphatic heterocycles. The van der Waals surface area contributed by atoms with E-state index in [4.69, 9.17) is 4.74 Å². The zero-order valence-electron chi connectivity index (χ0n) is 16.6. The molecule has 0 amide bonds. The molecule has 0 atom stereocenters. The normalized spacial score (nSPS) is 11.1. The van der Waals surface area contributed by atoms with Crippen LogP contribution in [0.2, 0.25) is 0 Å². The maximum absolute atomic E-state index is 14.6. The molecule has 2 aromatic heterocycles. The van der Waals surface area contributed by atoms with Gasteiger partial charge in [-0.2, -0.15) is 0 Å². The second kappa shape index (κ2) is 7.84. The van der Waals surface area contributed by atoms with E-state index in [1.54, 1.807) is 0 Å². The third-order valence-electron chi connectivity index (χ3n) is 5.03. The first-order chi connectivity index (χ1) is 14.8. The van der Waals surface area contributed by atoms with Gasteiger partial charge in [0.1, 0.15) is 23.1 Å². The van der Waals surface area contributed by atoms with Crippen molar-refractivity contribution >= 4 is 28.2 Å². The van der Waals surface area contributed by atoms with Crippen molar-refractivity contribution in [3.8, 4) is 11.4 Å². The number of ether oxygens (including phenoxy) is 1. The van der Waals surface area contributed by atoms with E-state index in [-0.39, 0.29) is 33.8 Å². The lowest BCUT2D eigenvalue weighted by Gasteiger charge is -2.13. The lowest BCUT2D eigenvalue weighted by molar-refractivity contribution is 0.0704. The lowest BCUT2D eigenvalue weighted by atomic mass is 10.0. The summed E-state index contributed by atoms with van der Waals surface area (Å²) in [5.41, 5.74) is 1.04. The fourth-order valence-electron chi connectivity index (χ4n) is 3.40. The molecule has 0 saturated carbocycles. The summed E-state index contributed by atoms with van der Waals surface area (Å²) in [6, 6.07) is 9.59. The van der Waals surface area contributed by atoms with Gasteiger partial charge in [0, 0.05) is 11.4 Å². The Morgan fingerprint density at radius 3 is 2.58 bits per heavy atom. The molecule has 7 nitrogen and oxygen atoms in total. The van der Waals surface area contributed by atoms with Crippen molar-refractivity contribution in [3.05, 3.63) is 90.0 Å². The first-order valence-corrected chi connectivity index (χ1v) is 10.1.